The maximum atomic E-state index is 12.8. The number of anilines is 1. The molecule has 0 amide bonds. The molecule has 1 aromatic carbocycles. The van der Waals surface area contributed by atoms with Crippen molar-refractivity contribution in [3.63, 3.8) is 0 Å². The molecule has 2 aromatic rings. The molecule has 1 aliphatic heterocycles. The van der Waals surface area contributed by atoms with Crippen LogP contribution < -0.4 is 14.8 Å². The highest BCUT2D eigenvalue weighted by atomic mass is 19.4. The minimum atomic E-state index is -4.49. The largest absolute Gasteiger partial charge is 0.486 e. The highest BCUT2D eigenvalue weighted by Gasteiger charge is 2.35. The lowest BCUT2D eigenvalue weighted by Crippen LogP contribution is -2.19. The second kappa shape index (κ2) is 6.09. The third kappa shape index (κ3) is 3.47. The Morgan fingerprint density at radius 1 is 1.08 bits per heavy atom. The summed E-state index contributed by atoms with van der Waals surface area (Å²) in [5.41, 5.74) is -0.0329. The van der Waals surface area contributed by atoms with Crippen LogP contribution >= 0.6 is 0 Å². The van der Waals surface area contributed by atoms with Crippen LogP contribution in [0.3, 0.4) is 0 Å². The molecule has 1 fully saturated rings. The molecule has 132 valence electrons. The van der Waals surface area contributed by atoms with Gasteiger partial charge in [-0.3, -0.25) is 0 Å². The number of hydrogen-bond acceptors (Lipinski definition) is 5. The van der Waals surface area contributed by atoms with Crippen LogP contribution in [0.1, 0.15) is 30.1 Å². The van der Waals surface area contributed by atoms with Gasteiger partial charge in [0.15, 0.2) is 11.5 Å². The maximum absolute atomic E-state index is 12.8. The average Bonchev–Trinajstić information content (AvgIpc) is 3.44. The second-order valence-electron chi connectivity index (χ2n) is 6.13. The van der Waals surface area contributed by atoms with Crippen molar-refractivity contribution in [1.29, 1.82) is 0 Å². The van der Waals surface area contributed by atoms with Gasteiger partial charge in [0.1, 0.15) is 18.9 Å². The maximum Gasteiger partial charge on any atom is 0.433 e. The number of halogens is 3. The van der Waals surface area contributed by atoms with E-state index in [1.54, 1.807) is 0 Å². The summed E-state index contributed by atoms with van der Waals surface area (Å²) in [6, 6.07) is 6.30. The van der Waals surface area contributed by atoms with Gasteiger partial charge in [0.05, 0.1) is 6.04 Å². The van der Waals surface area contributed by atoms with Crippen LogP contribution in [0.4, 0.5) is 19.1 Å². The normalized spacial score (nSPS) is 17.9. The summed E-state index contributed by atoms with van der Waals surface area (Å²) in [5.74, 6) is 1.64. The summed E-state index contributed by atoms with van der Waals surface area (Å²) in [6.07, 6.45) is -1.37. The molecule has 5 nitrogen and oxygen atoms in total. The second-order valence-corrected chi connectivity index (χ2v) is 6.13. The van der Waals surface area contributed by atoms with Gasteiger partial charge in [0.25, 0.3) is 0 Å². The molecule has 0 radical (unpaired) electrons. The quantitative estimate of drug-likeness (QED) is 0.907. The number of benzene rings is 1. The van der Waals surface area contributed by atoms with Gasteiger partial charge >= 0.3 is 6.18 Å². The van der Waals surface area contributed by atoms with E-state index in [9.17, 15) is 13.2 Å². The molecule has 1 saturated carbocycles. The van der Waals surface area contributed by atoms with Crippen molar-refractivity contribution in [2.24, 2.45) is 5.92 Å². The third-order valence-electron chi connectivity index (χ3n) is 4.25. The SMILES string of the molecule is FC(F)(F)c1ccnc(N[C@@H](c2ccc3c(c2)OCCO3)C2CC2)n1. The van der Waals surface area contributed by atoms with Gasteiger partial charge in [-0.15, -0.1) is 0 Å². The molecule has 0 unspecified atom stereocenters. The molecule has 1 atom stereocenters. The first-order chi connectivity index (χ1) is 12.0. The van der Waals surface area contributed by atoms with Gasteiger partial charge in [-0.25, -0.2) is 9.97 Å². The zero-order chi connectivity index (χ0) is 17.4. The zero-order valence-corrected chi connectivity index (χ0v) is 13.2. The molecule has 0 spiro atoms. The molecule has 8 heteroatoms. The summed E-state index contributed by atoms with van der Waals surface area (Å²) in [6.45, 7) is 0.990. The topological polar surface area (TPSA) is 56.3 Å². The Labute approximate surface area is 142 Å². The first-order valence-electron chi connectivity index (χ1n) is 8.07. The monoisotopic (exact) mass is 351 g/mol. The fourth-order valence-corrected chi connectivity index (χ4v) is 2.88. The number of rotatable bonds is 4. The Morgan fingerprint density at radius 3 is 2.56 bits per heavy atom. The van der Waals surface area contributed by atoms with Crippen LogP contribution in [0.5, 0.6) is 11.5 Å². The number of hydrogen-bond donors (Lipinski definition) is 1. The number of nitrogens with zero attached hydrogens (tertiary/aromatic N) is 2. The van der Waals surface area contributed by atoms with Gasteiger partial charge in [0, 0.05) is 6.20 Å². The van der Waals surface area contributed by atoms with Gasteiger partial charge in [-0.1, -0.05) is 6.07 Å². The zero-order valence-electron chi connectivity index (χ0n) is 13.2. The summed E-state index contributed by atoms with van der Waals surface area (Å²) in [7, 11) is 0. The van der Waals surface area contributed by atoms with Crippen LogP contribution in [0.15, 0.2) is 30.5 Å². The van der Waals surface area contributed by atoms with Crippen LogP contribution in [-0.2, 0) is 6.18 Å². The fraction of sp³-hybridized carbons (Fsp3) is 0.412. The average molecular weight is 351 g/mol. The van der Waals surface area contributed by atoms with E-state index in [0.29, 0.717) is 30.6 Å². The highest BCUT2D eigenvalue weighted by molar-refractivity contribution is 5.46. The molecule has 2 heterocycles. The third-order valence-corrected chi connectivity index (χ3v) is 4.25. The van der Waals surface area contributed by atoms with Crippen molar-refractivity contribution in [3.05, 3.63) is 41.7 Å². The summed E-state index contributed by atoms with van der Waals surface area (Å²) < 4.78 is 49.6. The van der Waals surface area contributed by atoms with Crippen LogP contribution in [0.2, 0.25) is 0 Å². The molecule has 2 aliphatic rings. The van der Waals surface area contributed by atoms with E-state index in [2.05, 4.69) is 15.3 Å². The fourth-order valence-electron chi connectivity index (χ4n) is 2.88. The number of aromatic nitrogens is 2. The van der Waals surface area contributed by atoms with Crippen molar-refractivity contribution in [3.8, 4) is 11.5 Å². The lowest BCUT2D eigenvalue weighted by atomic mass is 10.0. The molecule has 25 heavy (non-hydrogen) atoms. The lowest BCUT2D eigenvalue weighted by molar-refractivity contribution is -0.141. The molecule has 1 aromatic heterocycles. The van der Waals surface area contributed by atoms with Crippen LogP contribution in [0.25, 0.3) is 0 Å². The molecular formula is C17H16F3N3O2. The van der Waals surface area contributed by atoms with E-state index in [1.807, 2.05) is 18.2 Å². The first-order valence-corrected chi connectivity index (χ1v) is 8.07. The van der Waals surface area contributed by atoms with Gasteiger partial charge < -0.3 is 14.8 Å². The number of fused-ring (bicyclic) bond motifs is 1. The lowest BCUT2D eigenvalue weighted by Gasteiger charge is -2.23. The number of ether oxygens (including phenoxy) is 2. The summed E-state index contributed by atoms with van der Waals surface area (Å²) in [5, 5.41) is 3.06. The van der Waals surface area contributed by atoms with Gasteiger partial charge in [0.2, 0.25) is 5.95 Å². The van der Waals surface area contributed by atoms with Crippen molar-refractivity contribution in [2.75, 3.05) is 18.5 Å². The smallest absolute Gasteiger partial charge is 0.433 e. The van der Waals surface area contributed by atoms with Gasteiger partial charge in [-0.2, -0.15) is 13.2 Å². The molecule has 0 saturated heterocycles. The first kappa shape index (κ1) is 16.0. The Balaban J connectivity index is 1.60. The van der Waals surface area contributed by atoms with Crippen molar-refractivity contribution in [1.82, 2.24) is 9.97 Å². The van der Waals surface area contributed by atoms with E-state index in [1.165, 1.54) is 0 Å². The minimum absolute atomic E-state index is 0.0263. The van der Waals surface area contributed by atoms with E-state index < -0.39 is 11.9 Å². The highest BCUT2D eigenvalue weighted by Crippen LogP contribution is 2.44. The van der Waals surface area contributed by atoms with Crippen molar-refractivity contribution >= 4 is 5.95 Å². The molecule has 1 aliphatic carbocycles. The van der Waals surface area contributed by atoms with E-state index in [0.717, 1.165) is 30.7 Å². The minimum Gasteiger partial charge on any atom is -0.486 e. The molecule has 1 N–H and O–H groups in total. The summed E-state index contributed by atoms with van der Waals surface area (Å²) >= 11 is 0. The van der Waals surface area contributed by atoms with Gasteiger partial charge in [-0.05, 0) is 42.5 Å². The molecular weight excluding hydrogens is 335 g/mol. The van der Waals surface area contributed by atoms with Crippen LogP contribution in [0, 0.1) is 5.92 Å². The van der Waals surface area contributed by atoms with E-state index in [-0.39, 0.29) is 12.0 Å². The van der Waals surface area contributed by atoms with Crippen molar-refractivity contribution < 1.29 is 22.6 Å². The Morgan fingerprint density at radius 2 is 1.84 bits per heavy atom. The van der Waals surface area contributed by atoms with Crippen molar-refractivity contribution in [2.45, 2.75) is 25.1 Å². The molecule has 0 bridgehead atoms. The standard InChI is InChI=1S/C17H16F3N3O2/c18-17(19,20)14-5-6-21-16(22-14)23-15(10-1-2-10)11-3-4-12-13(9-11)25-8-7-24-12/h3-6,9-10,15H,1-2,7-8H2,(H,21,22,23)/t15-/m1/s1. The Hall–Kier alpha value is -2.51. The predicted octanol–water partition coefficient (Wildman–Crippen LogP) is 3.83. The van der Waals surface area contributed by atoms with Crippen LogP contribution in [-0.4, -0.2) is 23.2 Å². The molecule has 4 rings (SSSR count). The summed E-state index contributed by atoms with van der Waals surface area (Å²) in [4.78, 5) is 7.54. The van der Waals surface area contributed by atoms with E-state index >= 15 is 0 Å². The number of nitrogens with one attached hydrogen (secondary N) is 1. The Bertz CT molecular complexity index is 778. The number of alkyl halides is 3. The Kier molecular flexibility index (Phi) is 3.89. The van der Waals surface area contributed by atoms with E-state index in [4.69, 9.17) is 9.47 Å². The predicted molar refractivity (Wildman–Crippen MR) is 83.6 cm³/mol.